The van der Waals surface area contributed by atoms with Crippen LogP contribution in [0, 0.1) is 6.92 Å². The van der Waals surface area contributed by atoms with Crippen molar-refractivity contribution in [2.24, 2.45) is 0 Å². The van der Waals surface area contributed by atoms with E-state index >= 15 is 0 Å². The molecule has 0 aromatic rings. The van der Waals surface area contributed by atoms with Gasteiger partial charge in [0.05, 0.1) is 28.1 Å². The highest BCUT2D eigenvalue weighted by molar-refractivity contribution is 4.52. The molecule has 8 heavy (non-hydrogen) atoms. The van der Waals surface area contributed by atoms with E-state index in [9.17, 15) is 0 Å². The first-order valence-corrected chi connectivity index (χ1v) is 2.73. The third-order valence-corrected chi connectivity index (χ3v) is 0.758. The van der Waals surface area contributed by atoms with Gasteiger partial charge in [0, 0.05) is 0 Å². The van der Waals surface area contributed by atoms with Gasteiger partial charge in [-0.2, -0.15) is 0 Å². The van der Waals surface area contributed by atoms with Gasteiger partial charge in [-0.3, -0.25) is 0 Å². The lowest BCUT2D eigenvalue weighted by molar-refractivity contribution is -0.872. The van der Waals surface area contributed by atoms with Crippen LogP contribution < -0.4 is 0 Å². The van der Waals surface area contributed by atoms with Gasteiger partial charge in [0.2, 0.25) is 6.10 Å². The molecule has 0 aliphatic heterocycles. The van der Waals surface area contributed by atoms with Gasteiger partial charge in [0.1, 0.15) is 6.54 Å². The predicted octanol–water partition coefficient (Wildman–Crippen LogP) is -0.112. The standard InChI is InChI=1S/C6H15NO/c1-6(8)5-7(2,3)4/h6,8H,1,5H2,2-4H3/q+2. The van der Waals surface area contributed by atoms with Crippen LogP contribution in [0.5, 0.6) is 0 Å². The minimum atomic E-state index is -0.435. The molecule has 0 saturated carbocycles. The summed E-state index contributed by atoms with van der Waals surface area (Å²) in [5.41, 5.74) is 0. The summed E-state index contributed by atoms with van der Waals surface area (Å²) >= 11 is 0. The van der Waals surface area contributed by atoms with Crippen molar-refractivity contribution in [2.45, 2.75) is 6.10 Å². The summed E-state index contributed by atoms with van der Waals surface area (Å²) in [5.74, 6) is 0. The zero-order valence-electron chi connectivity index (χ0n) is 5.89. The van der Waals surface area contributed by atoms with Crippen molar-refractivity contribution < 1.29 is 9.59 Å². The number of likely N-dealkylation sites (N-methyl/N-ethyl adjacent to an activating group) is 1. The largest absolute Gasteiger partial charge is 0.349 e. The summed E-state index contributed by atoms with van der Waals surface area (Å²) < 4.78 is 0.769. The Balaban J connectivity index is 3.39. The molecule has 2 nitrogen and oxygen atoms in total. The SMILES string of the molecule is [CH2+]C(O)C[N+](C)(C)C. The Labute approximate surface area is 51.3 Å². The van der Waals surface area contributed by atoms with Crippen molar-refractivity contribution in [1.29, 1.82) is 0 Å². The highest BCUT2D eigenvalue weighted by Crippen LogP contribution is 1.91. The highest BCUT2D eigenvalue weighted by Gasteiger charge is 2.14. The van der Waals surface area contributed by atoms with Crippen molar-refractivity contribution in [2.75, 3.05) is 27.7 Å². The molecule has 1 N–H and O–H groups in total. The monoisotopic (exact) mass is 117 g/mol. The number of rotatable bonds is 2. The minimum Gasteiger partial charge on any atom is -0.349 e. The van der Waals surface area contributed by atoms with Gasteiger partial charge in [0.15, 0.2) is 0 Å². The van der Waals surface area contributed by atoms with E-state index in [4.69, 9.17) is 5.11 Å². The number of aliphatic hydroxyl groups is 1. The van der Waals surface area contributed by atoms with Gasteiger partial charge in [-0.05, 0) is 0 Å². The Hall–Kier alpha value is -0.210. The molecule has 0 heterocycles. The summed E-state index contributed by atoms with van der Waals surface area (Å²) in [4.78, 5) is 0. The third-order valence-electron chi connectivity index (χ3n) is 0.758. The molecule has 0 saturated heterocycles. The van der Waals surface area contributed by atoms with Crippen LogP contribution >= 0.6 is 0 Å². The molecule has 0 spiro atoms. The van der Waals surface area contributed by atoms with Gasteiger partial charge in [-0.15, -0.1) is 0 Å². The van der Waals surface area contributed by atoms with Crippen LogP contribution in [-0.2, 0) is 0 Å². The van der Waals surface area contributed by atoms with Crippen LogP contribution in [0.25, 0.3) is 0 Å². The van der Waals surface area contributed by atoms with Crippen LogP contribution in [0.2, 0.25) is 0 Å². The van der Waals surface area contributed by atoms with E-state index in [1.165, 1.54) is 0 Å². The van der Waals surface area contributed by atoms with Crippen LogP contribution in [0.3, 0.4) is 0 Å². The Kier molecular flexibility index (Phi) is 2.31. The van der Waals surface area contributed by atoms with Crippen LogP contribution in [0.4, 0.5) is 0 Å². The van der Waals surface area contributed by atoms with E-state index in [0.717, 1.165) is 4.48 Å². The van der Waals surface area contributed by atoms with Crippen LogP contribution in [0.1, 0.15) is 0 Å². The second-order valence-electron chi connectivity index (χ2n) is 3.13. The first-order valence-electron chi connectivity index (χ1n) is 2.73. The summed E-state index contributed by atoms with van der Waals surface area (Å²) in [5, 5.41) is 8.76. The van der Waals surface area contributed by atoms with Gasteiger partial charge in [0.25, 0.3) is 0 Å². The van der Waals surface area contributed by atoms with Gasteiger partial charge in [-0.25, -0.2) is 0 Å². The van der Waals surface area contributed by atoms with Crippen molar-refractivity contribution in [3.05, 3.63) is 6.92 Å². The Bertz CT molecular complexity index is 63.4. The van der Waals surface area contributed by atoms with Crippen molar-refractivity contribution >= 4 is 0 Å². The second-order valence-corrected chi connectivity index (χ2v) is 3.13. The summed E-state index contributed by atoms with van der Waals surface area (Å²) in [6, 6.07) is 0. The molecule has 0 amide bonds. The third kappa shape index (κ3) is 5.79. The number of hydrogen-bond acceptors (Lipinski definition) is 1. The predicted molar refractivity (Wildman–Crippen MR) is 34.3 cm³/mol. The zero-order chi connectivity index (χ0) is 6.78. The summed E-state index contributed by atoms with van der Waals surface area (Å²) in [6.07, 6.45) is -0.435. The Morgan fingerprint density at radius 3 is 1.88 bits per heavy atom. The van der Waals surface area contributed by atoms with E-state index in [1.54, 1.807) is 0 Å². The molecular formula is C6H15NO+2. The average molecular weight is 117 g/mol. The quantitative estimate of drug-likeness (QED) is 0.395. The van der Waals surface area contributed by atoms with E-state index < -0.39 is 6.10 Å². The molecule has 1 unspecified atom stereocenters. The maximum atomic E-state index is 8.76. The molecule has 0 aliphatic rings. The molecule has 0 bridgehead atoms. The fourth-order valence-corrected chi connectivity index (χ4v) is 0.632. The molecule has 0 aliphatic carbocycles. The normalized spacial score (nSPS) is 16.0. The molecule has 0 rings (SSSR count). The first-order chi connectivity index (χ1) is 3.42. The molecule has 1 atom stereocenters. The lowest BCUT2D eigenvalue weighted by Gasteiger charge is -2.22. The molecule has 0 radical (unpaired) electrons. The smallest absolute Gasteiger partial charge is 0.241 e. The van der Waals surface area contributed by atoms with Crippen molar-refractivity contribution in [3.63, 3.8) is 0 Å². The fourth-order valence-electron chi connectivity index (χ4n) is 0.632. The highest BCUT2D eigenvalue weighted by atomic mass is 16.3. The molecular weight excluding hydrogens is 102 g/mol. The van der Waals surface area contributed by atoms with Gasteiger partial charge < -0.3 is 9.59 Å². The molecule has 2 heteroatoms. The topological polar surface area (TPSA) is 20.2 Å². The number of hydrogen-bond donors (Lipinski definition) is 1. The van der Waals surface area contributed by atoms with E-state index in [1.807, 2.05) is 21.1 Å². The van der Waals surface area contributed by atoms with Crippen LogP contribution in [-0.4, -0.2) is 43.4 Å². The Morgan fingerprint density at radius 2 is 1.88 bits per heavy atom. The number of quaternary nitrogens is 1. The molecule has 0 aromatic carbocycles. The summed E-state index contributed by atoms with van der Waals surface area (Å²) in [6.45, 7) is 4.17. The summed E-state index contributed by atoms with van der Waals surface area (Å²) in [7, 11) is 6.07. The Morgan fingerprint density at radius 1 is 1.50 bits per heavy atom. The average Bonchev–Trinajstić information content (AvgIpc) is 1.21. The van der Waals surface area contributed by atoms with Crippen LogP contribution in [0.15, 0.2) is 0 Å². The van der Waals surface area contributed by atoms with Crippen molar-refractivity contribution in [1.82, 2.24) is 0 Å². The first kappa shape index (κ1) is 7.79. The second kappa shape index (κ2) is 2.37. The minimum absolute atomic E-state index is 0.435. The van der Waals surface area contributed by atoms with Gasteiger partial charge in [-0.1, -0.05) is 0 Å². The molecule has 48 valence electrons. The van der Waals surface area contributed by atoms with Gasteiger partial charge >= 0.3 is 0 Å². The fraction of sp³-hybridized carbons (Fsp3) is 0.833. The zero-order valence-corrected chi connectivity index (χ0v) is 5.89. The lowest BCUT2D eigenvalue weighted by Crippen LogP contribution is -2.40. The van der Waals surface area contributed by atoms with E-state index in [2.05, 4.69) is 6.92 Å². The lowest BCUT2D eigenvalue weighted by atomic mass is 10.3. The number of aliphatic hydroxyl groups excluding tert-OH is 1. The van der Waals surface area contributed by atoms with Crippen molar-refractivity contribution in [3.8, 4) is 0 Å². The molecule has 0 aromatic heterocycles. The van der Waals surface area contributed by atoms with E-state index in [0.29, 0.717) is 6.54 Å². The van der Waals surface area contributed by atoms with E-state index in [-0.39, 0.29) is 0 Å². The number of nitrogens with zero attached hydrogens (tertiary/aromatic N) is 1. The molecule has 0 fully saturated rings. The maximum absolute atomic E-state index is 8.76. The maximum Gasteiger partial charge on any atom is 0.241 e.